The number of aromatic nitrogens is 1. The zero-order chi connectivity index (χ0) is 20.6. The van der Waals surface area contributed by atoms with Gasteiger partial charge in [-0.3, -0.25) is 4.79 Å². The molecule has 1 rings (SSSR count). The number of unbranched alkanes of at least 4 members (excludes halogenated alkanes) is 14. The second-order valence-corrected chi connectivity index (χ2v) is 8.56. The molecule has 0 bridgehead atoms. The van der Waals surface area contributed by atoms with E-state index < -0.39 is 0 Å². The highest BCUT2D eigenvalue weighted by Crippen LogP contribution is 2.19. The summed E-state index contributed by atoms with van der Waals surface area (Å²) in [5.74, 6) is 0.313. The molecule has 0 aliphatic rings. The van der Waals surface area contributed by atoms with E-state index in [0.29, 0.717) is 12.2 Å². The van der Waals surface area contributed by atoms with Crippen molar-refractivity contribution in [2.24, 2.45) is 0 Å². The minimum atomic E-state index is 0.313. The van der Waals surface area contributed by atoms with E-state index >= 15 is 0 Å². The van der Waals surface area contributed by atoms with Gasteiger partial charge in [-0.15, -0.1) is 0 Å². The molecule has 1 aromatic heterocycles. The summed E-state index contributed by atoms with van der Waals surface area (Å²) in [6, 6.07) is 0. The summed E-state index contributed by atoms with van der Waals surface area (Å²) in [6.45, 7) is 9.34. The van der Waals surface area contributed by atoms with E-state index in [1.165, 1.54) is 89.9 Å². The summed E-state index contributed by atoms with van der Waals surface area (Å²) >= 11 is 0. The van der Waals surface area contributed by atoms with Crippen molar-refractivity contribution in [1.82, 2.24) is 4.57 Å². The molecule has 1 heterocycles. The maximum absolute atomic E-state index is 12.5. The number of hydrogen-bond donors (Lipinski definition) is 0. The lowest BCUT2D eigenvalue weighted by Crippen LogP contribution is -2.04. The van der Waals surface area contributed by atoms with Gasteiger partial charge in [-0.25, -0.2) is 0 Å². The third-order valence-corrected chi connectivity index (χ3v) is 6.05. The van der Waals surface area contributed by atoms with Crippen molar-refractivity contribution in [2.45, 2.75) is 137 Å². The predicted octanol–water partition coefficient (Wildman–Crippen LogP) is 8.37. The van der Waals surface area contributed by atoms with Gasteiger partial charge < -0.3 is 4.57 Å². The van der Waals surface area contributed by atoms with Crippen LogP contribution in [-0.2, 0) is 6.54 Å². The van der Waals surface area contributed by atoms with E-state index in [0.717, 1.165) is 29.8 Å². The first kappa shape index (κ1) is 25.0. The van der Waals surface area contributed by atoms with Crippen molar-refractivity contribution < 1.29 is 4.79 Å². The van der Waals surface area contributed by atoms with Crippen molar-refractivity contribution in [3.8, 4) is 0 Å². The Morgan fingerprint density at radius 1 is 0.714 bits per heavy atom. The minimum absolute atomic E-state index is 0.313. The second kappa shape index (κ2) is 15.8. The average molecular weight is 389 g/mol. The lowest BCUT2D eigenvalue weighted by molar-refractivity contribution is 0.0978. The highest BCUT2D eigenvalue weighted by atomic mass is 16.1. The van der Waals surface area contributed by atoms with E-state index in [1.54, 1.807) is 0 Å². The average Bonchev–Trinajstić information content (AvgIpc) is 2.98. The van der Waals surface area contributed by atoms with Crippen LogP contribution < -0.4 is 0 Å². The summed E-state index contributed by atoms with van der Waals surface area (Å²) in [6.07, 6.45) is 24.4. The Hall–Kier alpha value is -1.05. The maximum atomic E-state index is 12.5. The van der Waals surface area contributed by atoms with Gasteiger partial charge in [0.15, 0.2) is 5.78 Å². The van der Waals surface area contributed by atoms with E-state index in [1.807, 2.05) is 13.8 Å². The van der Waals surface area contributed by atoms with Gasteiger partial charge in [0.05, 0.1) is 6.20 Å². The number of Topliss-reactive ketones (excluding diaryl/α,β-unsaturated/α-hetero) is 1. The first-order valence-electron chi connectivity index (χ1n) is 12.2. The second-order valence-electron chi connectivity index (χ2n) is 8.56. The number of hydrogen-bond acceptors (Lipinski definition) is 1. The monoisotopic (exact) mass is 388 g/mol. The Morgan fingerprint density at radius 2 is 1.14 bits per heavy atom. The molecule has 0 unspecified atom stereocenters. The Morgan fingerprint density at radius 3 is 1.54 bits per heavy atom. The van der Waals surface area contributed by atoms with E-state index in [2.05, 4.69) is 24.6 Å². The molecule has 1 radical (unpaired) electrons. The summed E-state index contributed by atoms with van der Waals surface area (Å²) in [7, 11) is 0. The molecule has 0 atom stereocenters. The van der Waals surface area contributed by atoms with E-state index in [4.69, 9.17) is 0 Å². The van der Waals surface area contributed by atoms with Gasteiger partial charge in [0.25, 0.3) is 0 Å². The number of aryl methyl sites for hydroxylation is 2. The number of nitrogens with zero attached hydrogens (tertiary/aromatic N) is 1. The lowest BCUT2D eigenvalue weighted by Gasteiger charge is -2.05. The SMILES string of the molecule is CCCCCCCCCCCCCCCCCC(=O)c1c(C)[c]n(CC)c1C. The van der Waals surface area contributed by atoms with Crippen LogP contribution in [0.15, 0.2) is 0 Å². The molecular formula is C26H46NO. The zero-order valence-corrected chi connectivity index (χ0v) is 19.4. The normalized spacial score (nSPS) is 11.3. The molecule has 0 fully saturated rings. The molecule has 2 heteroatoms. The third-order valence-electron chi connectivity index (χ3n) is 6.05. The Balaban J connectivity index is 1.94. The van der Waals surface area contributed by atoms with Gasteiger partial charge >= 0.3 is 0 Å². The molecule has 0 saturated carbocycles. The fraction of sp³-hybridized carbons (Fsp3) is 0.808. The molecule has 0 N–H and O–H groups in total. The summed E-state index contributed by atoms with van der Waals surface area (Å²) in [5, 5.41) is 0. The summed E-state index contributed by atoms with van der Waals surface area (Å²) < 4.78 is 2.06. The molecule has 2 nitrogen and oxygen atoms in total. The largest absolute Gasteiger partial charge is 0.343 e. The highest BCUT2D eigenvalue weighted by Gasteiger charge is 2.16. The minimum Gasteiger partial charge on any atom is -0.343 e. The van der Waals surface area contributed by atoms with Gasteiger partial charge in [-0.05, 0) is 32.8 Å². The van der Waals surface area contributed by atoms with Crippen LogP contribution in [0.5, 0.6) is 0 Å². The molecular weight excluding hydrogens is 342 g/mol. The molecule has 0 aliphatic heterocycles. The van der Waals surface area contributed by atoms with E-state index in [9.17, 15) is 4.79 Å². The van der Waals surface area contributed by atoms with Gasteiger partial charge in [-0.1, -0.05) is 96.8 Å². The van der Waals surface area contributed by atoms with Gasteiger partial charge in [-0.2, -0.15) is 0 Å². The van der Waals surface area contributed by atoms with Crippen molar-refractivity contribution >= 4 is 5.78 Å². The lowest BCUT2D eigenvalue weighted by atomic mass is 10.0. The predicted molar refractivity (Wildman–Crippen MR) is 122 cm³/mol. The van der Waals surface area contributed by atoms with E-state index in [-0.39, 0.29) is 0 Å². The fourth-order valence-corrected chi connectivity index (χ4v) is 4.26. The van der Waals surface area contributed by atoms with Crippen LogP contribution in [0.1, 0.15) is 138 Å². The highest BCUT2D eigenvalue weighted by molar-refractivity contribution is 5.98. The number of carbonyl (C=O) groups excluding carboxylic acids is 1. The molecule has 0 aliphatic carbocycles. The van der Waals surface area contributed by atoms with Crippen molar-refractivity contribution in [3.63, 3.8) is 0 Å². The molecule has 161 valence electrons. The maximum Gasteiger partial charge on any atom is 0.164 e. The van der Waals surface area contributed by atoms with Crippen LogP contribution >= 0.6 is 0 Å². The smallest absolute Gasteiger partial charge is 0.164 e. The Kier molecular flexibility index (Phi) is 14.1. The molecule has 0 saturated heterocycles. The number of ketones is 1. The molecule has 0 aromatic carbocycles. The standard InChI is InChI=1S/C26H46NO/c1-5-7-8-9-10-11-12-13-14-15-16-17-18-19-20-21-25(28)26-23(3)22-27(6-2)24(26)4/h5-21H2,1-4H3. The Labute approximate surface area is 175 Å². The number of carbonyl (C=O) groups is 1. The molecule has 1 aromatic rings. The van der Waals surface area contributed by atoms with Crippen molar-refractivity contribution in [1.29, 1.82) is 0 Å². The topological polar surface area (TPSA) is 22.0 Å². The first-order valence-corrected chi connectivity index (χ1v) is 12.2. The quantitative estimate of drug-likeness (QED) is 0.183. The summed E-state index contributed by atoms with van der Waals surface area (Å²) in [5.41, 5.74) is 3.03. The van der Waals surface area contributed by atoms with Gasteiger partial charge in [0.1, 0.15) is 0 Å². The zero-order valence-electron chi connectivity index (χ0n) is 19.4. The molecule has 0 spiro atoms. The summed E-state index contributed by atoms with van der Waals surface area (Å²) in [4.78, 5) is 12.5. The Bertz CT molecular complexity index is 529. The van der Waals surface area contributed by atoms with Crippen LogP contribution in [-0.4, -0.2) is 10.4 Å². The third kappa shape index (κ3) is 9.94. The van der Waals surface area contributed by atoms with Crippen LogP contribution in [0.3, 0.4) is 0 Å². The first-order chi connectivity index (χ1) is 13.6. The van der Waals surface area contributed by atoms with Crippen molar-refractivity contribution in [3.05, 3.63) is 23.0 Å². The fourth-order valence-electron chi connectivity index (χ4n) is 4.26. The van der Waals surface area contributed by atoms with Crippen molar-refractivity contribution in [2.75, 3.05) is 0 Å². The van der Waals surface area contributed by atoms with Crippen LogP contribution in [0.4, 0.5) is 0 Å². The van der Waals surface area contributed by atoms with Gasteiger partial charge in [0, 0.05) is 24.2 Å². The number of rotatable bonds is 18. The van der Waals surface area contributed by atoms with Crippen LogP contribution in [0.25, 0.3) is 0 Å². The van der Waals surface area contributed by atoms with Gasteiger partial charge in [0.2, 0.25) is 0 Å². The van der Waals surface area contributed by atoms with Crippen LogP contribution in [0, 0.1) is 20.0 Å². The molecule has 28 heavy (non-hydrogen) atoms. The molecule has 0 amide bonds. The van der Waals surface area contributed by atoms with Crippen LogP contribution in [0.2, 0.25) is 0 Å².